The van der Waals surface area contributed by atoms with Gasteiger partial charge in [0.2, 0.25) is 0 Å². The molecule has 0 saturated carbocycles. The van der Waals surface area contributed by atoms with E-state index in [-0.39, 0.29) is 0 Å². The number of hydrogen-bond donors (Lipinski definition) is 1. The molecule has 0 amide bonds. The second-order valence-electron chi connectivity index (χ2n) is 4.55. The third-order valence-corrected chi connectivity index (χ3v) is 4.27. The normalized spacial score (nSPS) is 19.8. The zero-order chi connectivity index (χ0) is 12.1. The Bertz CT molecular complexity index is 331. The lowest BCUT2D eigenvalue weighted by Crippen LogP contribution is -2.31. The predicted molar refractivity (Wildman–Crippen MR) is 75.1 cm³/mol. The maximum Gasteiger partial charge on any atom is 0.123 e. The number of fused-ring (bicyclic) bond motifs is 1. The highest BCUT2D eigenvalue weighted by Crippen LogP contribution is 2.27. The van der Waals surface area contributed by atoms with Crippen molar-refractivity contribution in [2.75, 3.05) is 13.1 Å². The minimum atomic E-state index is 0.308. The zero-order valence-corrected chi connectivity index (χ0v) is 11.9. The van der Waals surface area contributed by atoms with E-state index in [1.54, 1.807) is 0 Å². The lowest BCUT2D eigenvalue weighted by Gasteiger charge is -2.13. The molecule has 1 aliphatic heterocycles. The smallest absolute Gasteiger partial charge is 0.123 e. The van der Waals surface area contributed by atoms with Gasteiger partial charge in [0.1, 0.15) is 11.9 Å². The first-order chi connectivity index (χ1) is 8.29. The van der Waals surface area contributed by atoms with Gasteiger partial charge in [-0.2, -0.15) is 0 Å². The Hall–Kier alpha value is -0.540. The van der Waals surface area contributed by atoms with Gasteiger partial charge in [0.15, 0.2) is 0 Å². The van der Waals surface area contributed by atoms with E-state index in [4.69, 9.17) is 4.74 Å². The fourth-order valence-electron chi connectivity index (χ4n) is 2.09. The molecule has 1 aliphatic rings. The number of hydrogen-bond acceptors (Lipinski definition) is 2. The Morgan fingerprint density at radius 3 is 3.06 bits per heavy atom. The molecule has 2 atom stereocenters. The SMILES string of the molecule is CCC(Br)CCNCC1Cc2ccccc2O1. The van der Waals surface area contributed by atoms with Gasteiger partial charge in [-0.1, -0.05) is 41.1 Å². The monoisotopic (exact) mass is 297 g/mol. The highest BCUT2D eigenvalue weighted by atomic mass is 79.9. The number of para-hydroxylation sites is 1. The van der Waals surface area contributed by atoms with E-state index in [2.05, 4.69) is 46.4 Å². The van der Waals surface area contributed by atoms with Crippen molar-refractivity contribution in [1.29, 1.82) is 0 Å². The molecule has 2 unspecified atom stereocenters. The summed E-state index contributed by atoms with van der Waals surface area (Å²) in [6.45, 7) is 4.20. The van der Waals surface area contributed by atoms with Crippen LogP contribution in [-0.2, 0) is 6.42 Å². The summed E-state index contributed by atoms with van der Waals surface area (Å²) < 4.78 is 5.87. The van der Waals surface area contributed by atoms with Crippen molar-refractivity contribution >= 4 is 15.9 Å². The number of nitrogens with one attached hydrogen (secondary N) is 1. The summed E-state index contributed by atoms with van der Waals surface area (Å²) in [4.78, 5) is 0.636. The predicted octanol–water partition coefficient (Wildman–Crippen LogP) is 3.14. The van der Waals surface area contributed by atoms with E-state index < -0.39 is 0 Å². The minimum Gasteiger partial charge on any atom is -0.488 e. The van der Waals surface area contributed by atoms with Crippen molar-refractivity contribution in [3.63, 3.8) is 0 Å². The van der Waals surface area contributed by atoms with Gasteiger partial charge in [-0.3, -0.25) is 0 Å². The Kier molecular flexibility index (Phi) is 4.86. The Labute approximate surface area is 112 Å². The Balaban J connectivity index is 1.67. The van der Waals surface area contributed by atoms with Crippen LogP contribution >= 0.6 is 15.9 Å². The molecule has 0 aliphatic carbocycles. The summed E-state index contributed by atoms with van der Waals surface area (Å²) in [6.07, 6.45) is 3.71. The van der Waals surface area contributed by atoms with Crippen LogP contribution in [0.4, 0.5) is 0 Å². The molecule has 1 N–H and O–H groups in total. The van der Waals surface area contributed by atoms with Crippen LogP contribution in [0.2, 0.25) is 0 Å². The van der Waals surface area contributed by atoms with Gasteiger partial charge in [0, 0.05) is 17.8 Å². The number of benzene rings is 1. The van der Waals surface area contributed by atoms with Crippen molar-refractivity contribution in [2.45, 2.75) is 37.1 Å². The Morgan fingerprint density at radius 1 is 1.47 bits per heavy atom. The highest BCUT2D eigenvalue weighted by Gasteiger charge is 2.21. The number of halogens is 1. The van der Waals surface area contributed by atoms with Crippen molar-refractivity contribution < 1.29 is 4.74 Å². The average molecular weight is 298 g/mol. The van der Waals surface area contributed by atoms with Gasteiger partial charge >= 0.3 is 0 Å². The van der Waals surface area contributed by atoms with Gasteiger partial charge in [-0.25, -0.2) is 0 Å². The summed E-state index contributed by atoms with van der Waals surface area (Å²) in [6, 6.07) is 8.32. The standard InChI is InChI=1S/C14H20BrNO/c1-2-12(15)7-8-16-10-13-9-11-5-3-4-6-14(11)17-13/h3-6,12-13,16H,2,7-10H2,1H3. The minimum absolute atomic E-state index is 0.308. The lowest BCUT2D eigenvalue weighted by molar-refractivity contribution is 0.227. The van der Waals surface area contributed by atoms with Crippen LogP contribution in [0.15, 0.2) is 24.3 Å². The molecule has 3 heteroatoms. The molecule has 17 heavy (non-hydrogen) atoms. The molecule has 1 heterocycles. The number of alkyl halides is 1. The molecule has 0 bridgehead atoms. The molecule has 2 nitrogen and oxygen atoms in total. The molecule has 0 saturated heterocycles. The lowest BCUT2D eigenvalue weighted by atomic mass is 10.1. The summed E-state index contributed by atoms with van der Waals surface area (Å²) in [5, 5.41) is 3.47. The van der Waals surface area contributed by atoms with Crippen LogP contribution < -0.4 is 10.1 Å². The Morgan fingerprint density at radius 2 is 2.29 bits per heavy atom. The fourth-order valence-corrected chi connectivity index (χ4v) is 2.32. The second-order valence-corrected chi connectivity index (χ2v) is 5.84. The van der Waals surface area contributed by atoms with Crippen LogP contribution in [-0.4, -0.2) is 24.0 Å². The van der Waals surface area contributed by atoms with Gasteiger partial charge in [-0.15, -0.1) is 0 Å². The van der Waals surface area contributed by atoms with E-state index >= 15 is 0 Å². The van der Waals surface area contributed by atoms with Gasteiger partial charge < -0.3 is 10.1 Å². The summed E-state index contributed by atoms with van der Waals surface area (Å²) >= 11 is 3.64. The molecule has 94 valence electrons. The molecule has 1 aromatic carbocycles. The third-order valence-electron chi connectivity index (χ3n) is 3.16. The summed E-state index contributed by atoms with van der Waals surface area (Å²) in [5.74, 6) is 1.06. The van der Waals surface area contributed by atoms with E-state index in [1.807, 2.05) is 6.07 Å². The summed E-state index contributed by atoms with van der Waals surface area (Å²) in [7, 11) is 0. The van der Waals surface area contributed by atoms with Crippen LogP contribution in [0.5, 0.6) is 5.75 Å². The van der Waals surface area contributed by atoms with E-state index in [9.17, 15) is 0 Å². The van der Waals surface area contributed by atoms with Crippen molar-refractivity contribution in [3.05, 3.63) is 29.8 Å². The van der Waals surface area contributed by atoms with E-state index in [1.165, 1.54) is 18.4 Å². The van der Waals surface area contributed by atoms with Gasteiger partial charge in [0.05, 0.1) is 0 Å². The molecule has 0 spiro atoms. The maximum atomic E-state index is 5.87. The van der Waals surface area contributed by atoms with Crippen LogP contribution in [0.25, 0.3) is 0 Å². The summed E-state index contributed by atoms with van der Waals surface area (Å²) in [5.41, 5.74) is 1.34. The third kappa shape index (κ3) is 3.71. The first kappa shape index (κ1) is 12.9. The first-order valence-corrected chi connectivity index (χ1v) is 7.30. The number of ether oxygens (including phenoxy) is 1. The van der Waals surface area contributed by atoms with Crippen molar-refractivity contribution in [2.24, 2.45) is 0 Å². The molecule has 2 rings (SSSR count). The average Bonchev–Trinajstić information content (AvgIpc) is 2.76. The maximum absolute atomic E-state index is 5.87. The van der Waals surface area contributed by atoms with Gasteiger partial charge in [-0.05, 0) is 31.0 Å². The van der Waals surface area contributed by atoms with Crippen LogP contribution in [0, 0.1) is 0 Å². The van der Waals surface area contributed by atoms with Crippen LogP contribution in [0.1, 0.15) is 25.3 Å². The number of rotatable bonds is 6. The largest absolute Gasteiger partial charge is 0.488 e. The van der Waals surface area contributed by atoms with Crippen molar-refractivity contribution in [1.82, 2.24) is 5.32 Å². The topological polar surface area (TPSA) is 21.3 Å². The fraction of sp³-hybridized carbons (Fsp3) is 0.571. The molecular formula is C14H20BrNO. The first-order valence-electron chi connectivity index (χ1n) is 6.39. The van der Waals surface area contributed by atoms with E-state index in [0.717, 1.165) is 25.3 Å². The molecule has 0 radical (unpaired) electrons. The van der Waals surface area contributed by atoms with Crippen LogP contribution in [0.3, 0.4) is 0 Å². The molecule has 1 aromatic rings. The zero-order valence-electron chi connectivity index (χ0n) is 10.3. The quantitative estimate of drug-likeness (QED) is 0.643. The molecule has 0 aromatic heterocycles. The highest BCUT2D eigenvalue weighted by molar-refractivity contribution is 9.09. The van der Waals surface area contributed by atoms with Gasteiger partial charge in [0.25, 0.3) is 0 Å². The molecule has 0 fully saturated rings. The van der Waals surface area contributed by atoms with E-state index in [0.29, 0.717) is 10.9 Å². The second kappa shape index (κ2) is 6.41. The molecular weight excluding hydrogens is 278 g/mol. The van der Waals surface area contributed by atoms with Crippen molar-refractivity contribution in [3.8, 4) is 5.75 Å².